The molecule has 0 saturated carbocycles. The first-order valence-corrected chi connectivity index (χ1v) is 8.99. The van der Waals surface area contributed by atoms with Gasteiger partial charge in [-0.25, -0.2) is 4.68 Å². The number of hydrogen-bond donors (Lipinski definition) is 2. The summed E-state index contributed by atoms with van der Waals surface area (Å²) in [6.07, 6.45) is 1.60. The predicted octanol–water partition coefficient (Wildman–Crippen LogP) is 3.52. The molecule has 0 atom stereocenters. The number of carbonyl (C=O) groups is 2. The molecule has 2 aromatic heterocycles. The highest BCUT2D eigenvalue weighted by Crippen LogP contribution is 2.25. The first-order chi connectivity index (χ1) is 14.1. The number of hydrogen-bond acceptors (Lipinski definition) is 4. The zero-order valence-electron chi connectivity index (χ0n) is 15.6. The molecule has 0 unspecified atom stereocenters. The number of aromatic nitrogens is 2. The molecule has 29 heavy (non-hydrogen) atoms. The molecule has 4 rings (SSSR count). The minimum absolute atomic E-state index is 0.275. The van der Waals surface area contributed by atoms with Gasteiger partial charge in [0.2, 0.25) is 0 Å². The monoisotopic (exact) mass is 386 g/mol. The molecule has 4 aromatic rings. The molecular formula is C22H18N4O3. The van der Waals surface area contributed by atoms with Crippen LogP contribution >= 0.6 is 0 Å². The lowest BCUT2D eigenvalue weighted by Crippen LogP contribution is -2.41. The number of nitrogens with one attached hydrogen (secondary N) is 2. The molecule has 0 aliphatic heterocycles. The highest BCUT2D eigenvalue weighted by atomic mass is 16.3. The highest BCUT2D eigenvalue weighted by Gasteiger charge is 2.21. The number of nitrogens with zero attached hydrogens (tertiary/aromatic N) is 2. The summed E-state index contributed by atoms with van der Waals surface area (Å²) in [4.78, 5) is 25.0. The van der Waals surface area contributed by atoms with E-state index in [2.05, 4.69) is 16.0 Å². The third-order valence-corrected chi connectivity index (χ3v) is 4.28. The molecule has 0 aliphatic rings. The third kappa shape index (κ3) is 3.93. The van der Waals surface area contributed by atoms with Gasteiger partial charge in [-0.05, 0) is 43.3 Å². The van der Waals surface area contributed by atoms with E-state index in [9.17, 15) is 9.59 Å². The normalized spacial score (nSPS) is 10.5. The van der Waals surface area contributed by atoms with Crippen LogP contribution in [-0.2, 0) is 0 Å². The Labute approximate surface area is 166 Å². The van der Waals surface area contributed by atoms with Gasteiger partial charge >= 0.3 is 0 Å². The van der Waals surface area contributed by atoms with E-state index in [-0.39, 0.29) is 5.56 Å². The Bertz CT molecular complexity index is 1150. The molecule has 7 nitrogen and oxygen atoms in total. The van der Waals surface area contributed by atoms with Gasteiger partial charge in [0.1, 0.15) is 11.5 Å². The fourth-order valence-corrected chi connectivity index (χ4v) is 2.84. The molecule has 2 aromatic carbocycles. The lowest BCUT2D eigenvalue weighted by Gasteiger charge is -2.06. The number of amides is 2. The summed E-state index contributed by atoms with van der Waals surface area (Å²) in [7, 11) is 0. The molecule has 0 radical (unpaired) electrons. The standard InChI is InChI=1S/C22H18N4O3/c1-15-12-13-19(29-15)20-18(14-26(25-20)17-10-6-3-7-11-17)22(28)24-23-21(27)16-8-4-2-5-9-16/h2-14H,1H3,(H,23,27)(H,24,28). The Hall–Kier alpha value is -4.13. The van der Waals surface area contributed by atoms with Crippen LogP contribution in [0.15, 0.2) is 83.4 Å². The Morgan fingerprint density at radius 1 is 0.862 bits per heavy atom. The van der Waals surface area contributed by atoms with Crippen LogP contribution in [0.1, 0.15) is 26.5 Å². The van der Waals surface area contributed by atoms with E-state index in [1.54, 1.807) is 47.3 Å². The number of hydrazine groups is 1. The average Bonchev–Trinajstić information content (AvgIpc) is 3.39. The molecule has 0 aliphatic carbocycles. The average molecular weight is 386 g/mol. The number of rotatable bonds is 4. The van der Waals surface area contributed by atoms with Crippen molar-refractivity contribution in [1.29, 1.82) is 0 Å². The molecular weight excluding hydrogens is 368 g/mol. The van der Waals surface area contributed by atoms with Gasteiger partial charge in [-0.2, -0.15) is 5.10 Å². The number of para-hydroxylation sites is 1. The molecule has 0 bridgehead atoms. The fourth-order valence-electron chi connectivity index (χ4n) is 2.84. The summed E-state index contributed by atoms with van der Waals surface area (Å²) in [6.45, 7) is 1.82. The summed E-state index contributed by atoms with van der Waals surface area (Å²) in [5, 5.41) is 4.52. The summed E-state index contributed by atoms with van der Waals surface area (Å²) in [6, 6.07) is 21.6. The Balaban J connectivity index is 1.62. The predicted molar refractivity (Wildman–Crippen MR) is 107 cm³/mol. The molecule has 144 valence electrons. The lowest BCUT2D eigenvalue weighted by atomic mass is 10.2. The van der Waals surface area contributed by atoms with E-state index < -0.39 is 11.8 Å². The molecule has 0 saturated heterocycles. The smallest absolute Gasteiger partial charge is 0.273 e. The second-order valence-corrected chi connectivity index (χ2v) is 6.36. The van der Waals surface area contributed by atoms with E-state index in [0.717, 1.165) is 5.69 Å². The van der Waals surface area contributed by atoms with E-state index in [1.807, 2.05) is 43.3 Å². The molecule has 2 amide bonds. The van der Waals surface area contributed by atoms with Gasteiger partial charge < -0.3 is 4.42 Å². The van der Waals surface area contributed by atoms with Gasteiger partial charge in [-0.15, -0.1) is 0 Å². The van der Waals surface area contributed by atoms with Gasteiger partial charge in [0.25, 0.3) is 11.8 Å². The van der Waals surface area contributed by atoms with Crippen molar-refractivity contribution in [2.45, 2.75) is 6.92 Å². The van der Waals surface area contributed by atoms with Crippen molar-refractivity contribution in [2.75, 3.05) is 0 Å². The molecule has 2 heterocycles. The summed E-state index contributed by atoms with van der Waals surface area (Å²) < 4.78 is 7.26. The van der Waals surface area contributed by atoms with E-state index in [4.69, 9.17) is 4.42 Å². The Morgan fingerprint density at radius 2 is 1.52 bits per heavy atom. The van der Waals surface area contributed by atoms with Crippen LogP contribution < -0.4 is 10.9 Å². The minimum atomic E-state index is -0.500. The van der Waals surface area contributed by atoms with Gasteiger partial charge in [0.05, 0.1) is 11.3 Å². The quantitative estimate of drug-likeness (QED) is 0.525. The molecule has 7 heteroatoms. The molecule has 2 N–H and O–H groups in total. The van der Waals surface area contributed by atoms with Crippen LogP contribution in [-0.4, -0.2) is 21.6 Å². The van der Waals surface area contributed by atoms with Crippen LogP contribution in [0, 0.1) is 6.92 Å². The number of furan rings is 1. The van der Waals surface area contributed by atoms with Crippen molar-refractivity contribution in [3.63, 3.8) is 0 Å². The van der Waals surface area contributed by atoms with Crippen molar-refractivity contribution >= 4 is 11.8 Å². The van der Waals surface area contributed by atoms with E-state index in [0.29, 0.717) is 22.8 Å². The van der Waals surface area contributed by atoms with E-state index in [1.165, 1.54) is 0 Å². The van der Waals surface area contributed by atoms with Crippen LogP contribution in [0.2, 0.25) is 0 Å². The lowest BCUT2D eigenvalue weighted by molar-refractivity contribution is 0.0847. The van der Waals surface area contributed by atoms with Crippen LogP contribution in [0.25, 0.3) is 17.1 Å². The van der Waals surface area contributed by atoms with Gasteiger partial charge in [-0.1, -0.05) is 36.4 Å². The molecule has 0 spiro atoms. The maximum atomic E-state index is 12.8. The van der Waals surface area contributed by atoms with Crippen molar-refractivity contribution in [3.8, 4) is 17.1 Å². The number of benzene rings is 2. The summed E-state index contributed by atoms with van der Waals surface area (Å²) in [5.74, 6) is 0.264. The van der Waals surface area contributed by atoms with Gasteiger partial charge in [-0.3, -0.25) is 20.4 Å². The van der Waals surface area contributed by atoms with Crippen molar-refractivity contribution in [1.82, 2.24) is 20.6 Å². The largest absolute Gasteiger partial charge is 0.460 e. The minimum Gasteiger partial charge on any atom is -0.460 e. The summed E-state index contributed by atoms with van der Waals surface area (Å²) in [5.41, 5.74) is 6.76. The first kappa shape index (κ1) is 18.2. The van der Waals surface area contributed by atoms with Crippen LogP contribution in [0.5, 0.6) is 0 Å². The topological polar surface area (TPSA) is 89.2 Å². The SMILES string of the molecule is Cc1ccc(-c2nn(-c3ccccc3)cc2C(=O)NNC(=O)c2ccccc2)o1. The highest BCUT2D eigenvalue weighted by molar-refractivity contribution is 6.02. The zero-order valence-corrected chi connectivity index (χ0v) is 15.6. The maximum Gasteiger partial charge on any atom is 0.273 e. The maximum absolute atomic E-state index is 12.8. The second kappa shape index (κ2) is 7.85. The fraction of sp³-hybridized carbons (Fsp3) is 0.0455. The van der Waals surface area contributed by atoms with Crippen molar-refractivity contribution < 1.29 is 14.0 Å². The number of aryl methyl sites for hydroxylation is 1. The summed E-state index contributed by atoms with van der Waals surface area (Å²) >= 11 is 0. The van der Waals surface area contributed by atoms with Crippen LogP contribution in [0.4, 0.5) is 0 Å². The van der Waals surface area contributed by atoms with Gasteiger partial charge in [0, 0.05) is 11.8 Å². The first-order valence-electron chi connectivity index (χ1n) is 8.99. The third-order valence-electron chi connectivity index (χ3n) is 4.28. The zero-order chi connectivity index (χ0) is 20.2. The van der Waals surface area contributed by atoms with Crippen molar-refractivity contribution in [3.05, 3.63) is 95.9 Å². The van der Waals surface area contributed by atoms with Gasteiger partial charge in [0.15, 0.2) is 5.76 Å². The van der Waals surface area contributed by atoms with E-state index >= 15 is 0 Å². The Morgan fingerprint density at radius 3 is 2.17 bits per heavy atom. The second-order valence-electron chi connectivity index (χ2n) is 6.36. The number of carbonyl (C=O) groups excluding carboxylic acids is 2. The van der Waals surface area contributed by atoms with Crippen LogP contribution in [0.3, 0.4) is 0 Å². The molecule has 0 fully saturated rings. The van der Waals surface area contributed by atoms with Crippen molar-refractivity contribution in [2.24, 2.45) is 0 Å². The Kier molecular flexibility index (Phi) is 4.94.